The van der Waals surface area contributed by atoms with Gasteiger partial charge in [0.2, 0.25) is 0 Å². The van der Waals surface area contributed by atoms with E-state index in [2.05, 4.69) is 81.6 Å². The molecule has 0 unspecified atom stereocenters. The number of rotatable bonds is 5. The van der Waals surface area contributed by atoms with Gasteiger partial charge in [-0.1, -0.05) is 66.4 Å². The smallest absolute Gasteiger partial charge is 0.266 e. The molecule has 1 amide bonds. The van der Waals surface area contributed by atoms with Crippen LogP contribution in [0.3, 0.4) is 0 Å². The van der Waals surface area contributed by atoms with Crippen molar-refractivity contribution in [1.82, 2.24) is 4.90 Å². The van der Waals surface area contributed by atoms with E-state index in [-0.39, 0.29) is 5.91 Å². The minimum absolute atomic E-state index is 0.0196. The number of thioether (sulfide) groups is 1. The van der Waals surface area contributed by atoms with Crippen molar-refractivity contribution in [3.05, 3.63) is 77.8 Å². The Bertz CT molecular complexity index is 1160. The summed E-state index contributed by atoms with van der Waals surface area (Å²) in [5.41, 5.74) is 2.13. The predicted molar refractivity (Wildman–Crippen MR) is 146 cm³/mol. The number of hydrogen-bond donors (Lipinski definition) is 0. The summed E-state index contributed by atoms with van der Waals surface area (Å²) >= 11 is 11.2. The van der Waals surface area contributed by atoms with Crippen molar-refractivity contribution in [3.63, 3.8) is 0 Å². The molecule has 1 aliphatic heterocycles. The average Bonchev–Trinajstić information content (AvgIpc) is 2.99. The zero-order valence-corrected chi connectivity index (χ0v) is 22.0. The number of carbonyl (C=O) groups excluding carboxylic acids is 1. The predicted octanol–water partition coefficient (Wildman–Crippen LogP) is 6.85. The minimum Gasteiger partial charge on any atom is -0.487 e. The lowest BCUT2D eigenvalue weighted by atomic mass is 10.1. The van der Waals surface area contributed by atoms with Crippen molar-refractivity contribution in [2.45, 2.75) is 13.5 Å². The third kappa shape index (κ3) is 4.53. The summed E-state index contributed by atoms with van der Waals surface area (Å²) in [6, 6.07) is 18.7. The second-order valence-electron chi connectivity index (χ2n) is 6.67. The molecule has 0 saturated carbocycles. The highest BCUT2D eigenvalue weighted by atomic mass is 127. The standard InChI is InChI=1S/C23H17I2NO2S2/c1-2-26-22(27)20(30-23(26)29)12-14-10-18(24)21(19(25)11-14)28-13-16-8-5-7-15-6-3-4-9-17(15)16/h3-12H,2,13H2,1H3/b20-12-. The third-order valence-corrected chi connectivity index (χ3v) is 7.74. The minimum atomic E-state index is -0.0196. The zero-order chi connectivity index (χ0) is 21.3. The van der Waals surface area contributed by atoms with Gasteiger partial charge in [0.25, 0.3) is 5.91 Å². The molecule has 152 valence electrons. The summed E-state index contributed by atoms with van der Waals surface area (Å²) in [6.07, 6.45) is 1.91. The number of hydrogen-bond acceptors (Lipinski definition) is 4. The lowest BCUT2D eigenvalue weighted by molar-refractivity contribution is -0.121. The maximum absolute atomic E-state index is 12.5. The average molecular weight is 657 g/mol. The number of nitrogens with zero attached hydrogens (tertiary/aromatic N) is 1. The maximum Gasteiger partial charge on any atom is 0.266 e. The SMILES string of the molecule is CCN1C(=O)/C(=C/c2cc(I)c(OCc3cccc4ccccc34)c(I)c2)SC1=S. The molecule has 0 aromatic heterocycles. The van der Waals surface area contributed by atoms with Gasteiger partial charge in [0.05, 0.1) is 12.0 Å². The molecule has 0 radical (unpaired) electrons. The summed E-state index contributed by atoms with van der Waals surface area (Å²) in [5, 5.41) is 2.42. The van der Waals surface area contributed by atoms with Crippen molar-refractivity contribution >= 4 is 96.2 Å². The fourth-order valence-corrected chi connectivity index (χ4v) is 6.80. The largest absolute Gasteiger partial charge is 0.487 e. The van der Waals surface area contributed by atoms with Gasteiger partial charge < -0.3 is 4.74 Å². The third-order valence-electron chi connectivity index (χ3n) is 4.76. The van der Waals surface area contributed by atoms with Crippen LogP contribution in [0.4, 0.5) is 0 Å². The van der Waals surface area contributed by atoms with Crippen molar-refractivity contribution in [2.75, 3.05) is 6.54 Å². The number of carbonyl (C=O) groups is 1. The molecule has 1 fully saturated rings. The lowest BCUT2D eigenvalue weighted by Gasteiger charge is -2.13. The van der Waals surface area contributed by atoms with E-state index in [4.69, 9.17) is 17.0 Å². The van der Waals surface area contributed by atoms with Crippen LogP contribution >= 0.6 is 69.2 Å². The van der Waals surface area contributed by atoms with Gasteiger partial charge in [-0.25, -0.2) is 0 Å². The second-order valence-corrected chi connectivity index (χ2v) is 10.7. The Labute approximate surface area is 212 Å². The summed E-state index contributed by atoms with van der Waals surface area (Å²) in [5.74, 6) is 0.844. The molecule has 0 bridgehead atoms. The highest BCUT2D eigenvalue weighted by molar-refractivity contribution is 14.1. The highest BCUT2D eigenvalue weighted by Crippen LogP contribution is 2.35. The quantitative estimate of drug-likeness (QED) is 0.171. The summed E-state index contributed by atoms with van der Waals surface area (Å²) in [7, 11) is 0. The fraction of sp³-hybridized carbons (Fsp3) is 0.130. The van der Waals surface area contributed by atoms with E-state index in [9.17, 15) is 4.79 Å². The number of benzene rings is 3. The lowest BCUT2D eigenvalue weighted by Crippen LogP contribution is -2.27. The van der Waals surface area contributed by atoms with Gasteiger partial charge >= 0.3 is 0 Å². The van der Waals surface area contributed by atoms with Gasteiger partial charge in [-0.2, -0.15) is 0 Å². The molecule has 1 aliphatic rings. The first-order chi connectivity index (χ1) is 14.5. The van der Waals surface area contributed by atoms with Crippen LogP contribution < -0.4 is 4.74 Å². The molecule has 4 rings (SSSR count). The highest BCUT2D eigenvalue weighted by Gasteiger charge is 2.30. The molecule has 3 nitrogen and oxygen atoms in total. The number of likely N-dealkylation sites (N-methyl/N-ethyl adjacent to an activating group) is 1. The molecule has 1 saturated heterocycles. The van der Waals surface area contributed by atoms with E-state index in [1.54, 1.807) is 4.90 Å². The first-order valence-electron chi connectivity index (χ1n) is 9.31. The van der Waals surface area contributed by atoms with Crippen LogP contribution in [0.1, 0.15) is 18.1 Å². The molecule has 3 aromatic rings. The zero-order valence-electron chi connectivity index (χ0n) is 16.0. The van der Waals surface area contributed by atoms with E-state index < -0.39 is 0 Å². The normalized spacial score (nSPS) is 15.4. The van der Waals surface area contributed by atoms with Crippen molar-refractivity contribution in [1.29, 1.82) is 0 Å². The topological polar surface area (TPSA) is 29.5 Å². The number of ether oxygens (including phenoxy) is 1. The van der Waals surface area contributed by atoms with E-state index in [0.29, 0.717) is 22.4 Å². The first-order valence-corrected chi connectivity index (χ1v) is 12.7. The van der Waals surface area contributed by atoms with Gasteiger partial charge in [-0.15, -0.1) is 0 Å². The van der Waals surface area contributed by atoms with Gasteiger partial charge in [-0.05, 0) is 92.2 Å². The molecule has 0 N–H and O–H groups in total. The Morgan fingerprint density at radius 1 is 1.10 bits per heavy atom. The summed E-state index contributed by atoms with van der Waals surface area (Å²) in [4.78, 5) is 14.8. The van der Waals surface area contributed by atoms with Crippen LogP contribution in [-0.2, 0) is 11.4 Å². The monoisotopic (exact) mass is 657 g/mol. The number of amides is 1. The Kier molecular flexibility index (Phi) is 7.01. The summed E-state index contributed by atoms with van der Waals surface area (Å²) in [6.45, 7) is 3.03. The van der Waals surface area contributed by atoms with Crippen molar-refractivity contribution < 1.29 is 9.53 Å². The molecule has 3 aromatic carbocycles. The molecule has 0 spiro atoms. The molecule has 0 atom stereocenters. The van der Waals surface area contributed by atoms with E-state index in [0.717, 1.165) is 24.0 Å². The molecule has 30 heavy (non-hydrogen) atoms. The Morgan fingerprint density at radius 2 is 1.80 bits per heavy atom. The number of halogens is 2. The van der Waals surface area contributed by atoms with Crippen LogP contribution in [0, 0.1) is 7.14 Å². The maximum atomic E-state index is 12.5. The number of thiocarbonyl (C=S) groups is 1. The fourth-order valence-electron chi connectivity index (χ4n) is 3.29. The number of fused-ring (bicyclic) bond motifs is 1. The van der Waals surface area contributed by atoms with Crippen LogP contribution in [0.25, 0.3) is 16.8 Å². The van der Waals surface area contributed by atoms with Crippen LogP contribution in [-0.4, -0.2) is 21.7 Å². The first kappa shape index (κ1) is 22.0. The molecule has 7 heteroatoms. The second kappa shape index (κ2) is 9.54. The van der Waals surface area contributed by atoms with E-state index in [1.165, 1.54) is 22.5 Å². The van der Waals surface area contributed by atoms with Gasteiger partial charge in [0.15, 0.2) is 0 Å². The van der Waals surface area contributed by atoms with Crippen molar-refractivity contribution in [3.8, 4) is 5.75 Å². The van der Waals surface area contributed by atoms with E-state index >= 15 is 0 Å². The molecule has 0 aliphatic carbocycles. The Balaban J connectivity index is 1.57. The van der Waals surface area contributed by atoms with E-state index in [1.807, 2.05) is 31.2 Å². The Morgan fingerprint density at radius 3 is 2.50 bits per heavy atom. The molecular weight excluding hydrogens is 640 g/mol. The summed E-state index contributed by atoms with van der Waals surface area (Å²) < 4.78 is 8.86. The van der Waals surface area contributed by atoms with Crippen molar-refractivity contribution in [2.24, 2.45) is 0 Å². The van der Waals surface area contributed by atoms with Crippen LogP contribution in [0.5, 0.6) is 5.75 Å². The Hall–Kier alpha value is -1.17. The van der Waals surface area contributed by atoms with Gasteiger partial charge in [-0.3, -0.25) is 9.69 Å². The van der Waals surface area contributed by atoms with Crippen LogP contribution in [0.2, 0.25) is 0 Å². The van der Waals surface area contributed by atoms with Crippen LogP contribution in [0.15, 0.2) is 59.5 Å². The van der Waals surface area contributed by atoms with Gasteiger partial charge in [0, 0.05) is 6.54 Å². The van der Waals surface area contributed by atoms with Gasteiger partial charge in [0.1, 0.15) is 16.7 Å². The molecular formula is C23H17I2NO2S2. The molecule has 1 heterocycles.